The molecule has 0 radical (unpaired) electrons. The average molecular weight is 789 g/mol. The molecular formula is C60H40N2. The van der Waals surface area contributed by atoms with Gasteiger partial charge in [-0.05, 0) is 108 Å². The molecule has 290 valence electrons. The fourth-order valence-corrected chi connectivity index (χ4v) is 9.99. The second-order valence-corrected chi connectivity index (χ2v) is 16.6. The van der Waals surface area contributed by atoms with Crippen molar-refractivity contribution in [1.82, 2.24) is 9.97 Å². The summed E-state index contributed by atoms with van der Waals surface area (Å²) < 4.78 is 0. The monoisotopic (exact) mass is 788 g/mol. The molecule has 0 N–H and O–H groups in total. The van der Waals surface area contributed by atoms with E-state index in [1.807, 2.05) is 0 Å². The Hall–Kier alpha value is -7.94. The highest BCUT2D eigenvalue weighted by atomic mass is 14.9. The van der Waals surface area contributed by atoms with Gasteiger partial charge in [-0.3, -0.25) is 0 Å². The van der Waals surface area contributed by atoms with Gasteiger partial charge in [0.2, 0.25) is 0 Å². The average Bonchev–Trinajstić information content (AvgIpc) is 3.61. The maximum atomic E-state index is 5.34. The summed E-state index contributed by atoms with van der Waals surface area (Å²) in [5, 5.41) is 7.52. The van der Waals surface area contributed by atoms with Gasteiger partial charge in [0.25, 0.3) is 0 Å². The highest BCUT2D eigenvalue weighted by molar-refractivity contribution is 6.20. The van der Waals surface area contributed by atoms with Gasteiger partial charge in [0.05, 0.1) is 11.4 Å². The van der Waals surface area contributed by atoms with Gasteiger partial charge in [-0.25, -0.2) is 9.97 Å². The summed E-state index contributed by atoms with van der Waals surface area (Å²) in [6.45, 7) is 2.37. The van der Waals surface area contributed by atoms with Crippen molar-refractivity contribution in [2.75, 3.05) is 0 Å². The molecule has 0 fully saturated rings. The van der Waals surface area contributed by atoms with Gasteiger partial charge in [-0.2, -0.15) is 0 Å². The van der Waals surface area contributed by atoms with Gasteiger partial charge < -0.3 is 0 Å². The van der Waals surface area contributed by atoms with Crippen LogP contribution in [0.2, 0.25) is 0 Å². The third-order valence-electron chi connectivity index (χ3n) is 13.2. The Balaban J connectivity index is 1.01. The maximum absolute atomic E-state index is 5.34. The lowest BCUT2D eigenvalue weighted by atomic mass is 9.74. The molecule has 2 heteroatoms. The minimum atomic E-state index is -0.316. The van der Waals surface area contributed by atoms with Crippen LogP contribution in [0, 0.1) is 0 Å². The van der Waals surface area contributed by atoms with E-state index < -0.39 is 0 Å². The number of aromatic nitrogens is 2. The molecule has 10 aromatic carbocycles. The van der Waals surface area contributed by atoms with Crippen LogP contribution in [-0.4, -0.2) is 9.97 Å². The van der Waals surface area contributed by atoms with Crippen molar-refractivity contribution >= 4 is 32.3 Å². The molecule has 1 aliphatic carbocycles. The second-order valence-electron chi connectivity index (χ2n) is 16.6. The fraction of sp³-hybridized carbons (Fsp3) is 0.0333. The zero-order valence-corrected chi connectivity index (χ0v) is 34.3. The van der Waals surface area contributed by atoms with Crippen molar-refractivity contribution in [3.63, 3.8) is 0 Å². The van der Waals surface area contributed by atoms with Gasteiger partial charge in [-0.1, -0.05) is 206 Å². The summed E-state index contributed by atoms with van der Waals surface area (Å²) >= 11 is 0. The SMILES string of the molecule is CC1(c2ccccc2)c2ccccc2-c2ccc(-c3cc(-c4ccc(-c5c6ccccc6cc6c5ccc5ccccc56)cc4)nc(-c4ccc(-c5ccccc5)cc4)n3)cc21. The van der Waals surface area contributed by atoms with Crippen LogP contribution in [0.15, 0.2) is 224 Å². The van der Waals surface area contributed by atoms with E-state index in [1.54, 1.807) is 0 Å². The predicted molar refractivity (Wildman–Crippen MR) is 259 cm³/mol. The largest absolute Gasteiger partial charge is 0.228 e. The van der Waals surface area contributed by atoms with Crippen LogP contribution >= 0.6 is 0 Å². The van der Waals surface area contributed by atoms with E-state index in [-0.39, 0.29) is 5.41 Å². The Morgan fingerprint density at radius 2 is 0.887 bits per heavy atom. The first-order valence-electron chi connectivity index (χ1n) is 21.4. The first-order chi connectivity index (χ1) is 30.6. The maximum Gasteiger partial charge on any atom is 0.160 e. The molecule has 0 saturated heterocycles. The van der Waals surface area contributed by atoms with E-state index in [4.69, 9.17) is 9.97 Å². The van der Waals surface area contributed by atoms with Crippen LogP contribution in [0.3, 0.4) is 0 Å². The summed E-state index contributed by atoms with van der Waals surface area (Å²) in [4.78, 5) is 10.7. The summed E-state index contributed by atoms with van der Waals surface area (Å²) in [6, 6.07) is 81.3. The lowest BCUT2D eigenvalue weighted by Crippen LogP contribution is -2.22. The number of fused-ring (bicyclic) bond motifs is 7. The van der Waals surface area contributed by atoms with E-state index in [1.165, 1.54) is 76.8 Å². The van der Waals surface area contributed by atoms with Crippen LogP contribution in [-0.2, 0) is 5.41 Å². The molecule has 11 aromatic rings. The molecule has 1 heterocycles. The topological polar surface area (TPSA) is 25.8 Å². The molecule has 0 spiro atoms. The molecule has 12 rings (SSSR count). The summed E-state index contributed by atoms with van der Waals surface area (Å²) in [6.07, 6.45) is 0. The zero-order valence-electron chi connectivity index (χ0n) is 34.3. The van der Waals surface area contributed by atoms with Crippen molar-refractivity contribution < 1.29 is 0 Å². The van der Waals surface area contributed by atoms with Crippen LogP contribution < -0.4 is 0 Å². The van der Waals surface area contributed by atoms with Crippen molar-refractivity contribution in [3.8, 4) is 67.3 Å². The van der Waals surface area contributed by atoms with Crippen molar-refractivity contribution in [2.45, 2.75) is 12.3 Å². The molecule has 0 amide bonds. The van der Waals surface area contributed by atoms with Crippen molar-refractivity contribution in [3.05, 3.63) is 241 Å². The van der Waals surface area contributed by atoms with Crippen LogP contribution in [0.5, 0.6) is 0 Å². The molecule has 0 saturated carbocycles. The van der Waals surface area contributed by atoms with Crippen LogP contribution in [0.4, 0.5) is 0 Å². The number of rotatable bonds is 6. The summed E-state index contributed by atoms with van der Waals surface area (Å²) in [5.74, 6) is 0.697. The molecule has 1 unspecified atom stereocenters. The molecule has 1 aromatic heterocycles. The molecule has 0 bridgehead atoms. The van der Waals surface area contributed by atoms with Gasteiger partial charge in [0.15, 0.2) is 5.82 Å². The number of hydrogen-bond acceptors (Lipinski definition) is 2. The standard InChI is InChI=1S/C60H40N2/c1-60(47-18-6-3-7-19-47)54-23-13-12-22-50(54)51-34-33-46(37-55(51)60)57-38-56(61-59(62-57)44-30-24-40(25-31-44)39-14-4-2-5-15-39)42-26-28-43(29-27-42)58-49-21-11-9-17-45(49)36-53-48-20-10-8-16-41(48)32-35-52(53)58/h2-38H,1H3. The Kier molecular flexibility index (Phi) is 8.33. The highest BCUT2D eigenvalue weighted by Crippen LogP contribution is 2.53. The van der Waals surface area contributed by atoms with E-state index in [0.29, 0.717) is 5.82 Å². The number of hydrogen-bond donors (Lipinski definition) is 0. The van der Waals surface area contributed by atoms with Crippen LogP contribution in [0.1, 0.15) is 23.6 Å². The van der Waals surface area contributed by atoms with Crippen molar-refractivity contribution in [2.24, 2.45) is 0 Å². The Bertz CT molecular complexity index is 3500. The van der Waals surface area contributed by atoms with E-state index >= 15 is 0 Å². The molecule has 0 aliphatic heterocycles. The molecule has 1 aliphatic rings. The van der Waals surface area contributed by atoms with Gasteiger partial charge in [0.1, 0.15) is 0 Å². The predicted octanol–water partition coefficient (Wildman–Crippen LogP) is 15.6. The summed E-state index contributed by atoms with van der Waals surface area (Å²) in [7, 11) is 0. The normalized spacial score (nSPS) is 14.3. The van der Waals surface area contributed by atoms with E-state index in [0.717, 1.165) is 33.6 Å². The summed E-state index contributed by atoms with van der Waals surface area (Å²) in [5.41, 5.74) is 15.8. The van der Waals surface area contributed by atoms with E-state index in [9.17, 15) is 0 Å². The highest BCUT2D eigenvalue weighted by Gasteiger charge is 2.40. The lowest BCUT2D eigenvalue weighted by molar-refractivity contribution is 0.714. The fourth-order valence-electron chi connectivity index (χ4n) is 9.99. The van der Waals surface area contributed by atoms with Gasteiger partial charge >= 0.3 is 0 Å². The minimum absolute atomic E-state index is 0.316. The van der Waals surface area contributed by atoms with Crippen LogP contribution in [0.25, 0.3) is 99.6 Å². The smallest absolute Gasteiger partial charge is 0.160 e. The quantitative estimate of drug-likeness (QED) is 0.124. The van der Waals surface area contributed by atoms with Gasteiger partial charge in [-0.15, -0.1) is 0 Å². The Morgan fingerprint density at radius 1 is 0.323 bits per heavy atom. The molecular weight excluding hydrogens is 749 g/mol. The Labute approximate surface area is 361 Å². The second kappa shape index (κ2) is 14.4. The van der Waals surface area contributed by atoms with E-state index in [2.05, 4.69) is 231 Å². The van der Waals surface area contributed by atoms with Crippen molar-refractivity contribution in [1.29, 1.82) is 0 Å². The molecule has 1 atom stereocenters. The first kappa shape index (κ1) is 36.0. The first-order valence-corrected chi connectivity index (χ1v) is 21.4. The third kappa shape index (κ3) is 5.79. The molecule has 62 heavy (non-hydrogen) atoms. The third-order valence-corrected chi connectivity index (χ3v) is 13.2. The number of benzene rings is 10. The number of nitrogens with zero attached hydrogens (tertiary/aromatic N) is 2. The molecule has 2 nitrogen and oxygen atoms in total. The van der Waals surface area contributed by atoms with Gasteiger partial charge in [0, 0.05) is 22.1 Å². The Morgan fingerprint density at radius 3 is 1.68 bits per heavy atom. The minimum Gasteiger partial charge on any atom is -0.228 e. The zero-order chi connectivity index (χ0) is 41.2. The lowest BCUT2D eigenvalue weighted by Gasteiger charge is -2.28.